The van der Waals surface area contributed by atoms with E-state index in [0.29, 0.717) is 30.3 Å². The predicted octanol–water partition coefficient (Wildman–Crippen LogP) is 1.89. The van der Waals surface area contributed by atoms with Crippen molar-refractivity contribution in [1.29, 1.82) is 0 Å². The number of nitrogens with one attached hydrogen (secondary N) is 1. The zero-order valence-corrected chi connectivity index (χ0v) is 13.7. The van der Waals surface area contributed by atoms with Gasteiger partial charge in [-0.3, -0.25) is 9.78 Å². The molecule has 7 heteroatoms. The molecule has 1 atom stereocenters. The second kappa shape index (κ2) is 7.65. The minimum absolute atomic E-state index is 0.263. The zero-order valence-electron chi connectivity index (χ0n) is 13.7. The topological polar surface area (TPSA) is 86.8 Å². The summed E-state index contributed by atoms with van der Waals surface area (Å²) >= 11 is 0. The Morgan fingerprint density at radius 3 is 2.80 bits per heavy atom. The summed E-state index contributed by atoms with van der Waals surface area (Å²) in [5.74, 6) is 0.377. The third-order valence-electron chi connectivity index (χ3n) is 3.68. The SMILES string of the molecule is C[C@H](NC(=O)COC(=O)c1cccnc1)c1ccc2c(c1)OCCO2. The van der Waals surface area contributed by atoms with Gasteiger partial charge in [-0.2, -0.15) is 0 Å². The van der Waals surface area contributed by atoms with Crippen LogP contribution in [0, 0.1) is 0 Å². The van der Waals surface area contributed by atoms with Crippen molar-refractivity contribution in [3.63, 3.8) is 0 Å². The van der Waals surface area contributed by atoms with Crippen LogP contribution < -0.4 is 14.8 Å². The monoisotopic (exact) mass is 342 g/mol. The summed E-state index contributed by atoms with van der Waals surface area (Å²) in [6.45, 7) is 2.51. The fraction of sp³-hybridized carbons (Fsp3) is 0.278. The number of aromatic nitrogens is 1. The van der Waals surface area contributed by atoms with Crippen LogP contribution in [0.25, 0.3) is 0 Å². The molecule has 2 heterocycles. The highest BCUT2D eigenvalue weighted by Crippen LogP contribution is 2.32. The molecule has 1 amide bonds. The molecule has 0 fully saturated rings. The minimum Gasteiger partial charge on any atom is -0.486 e. The van der Waals surface area contributed by atoms with Crippen LogP contribution in [-0.4, -0.2) is 36.7 Å². The van der Waals surface area contributed by atoms with Gasteiger partial charge in [-0.1, -0.05) is 6.07 Å². The number of esters is 1. The molecule has 0 saturated carbocycles. The van der Waals surface area contributed by atoms with Crippen molar-refractivity contribution in [2.75, 3.05) is 19.8 Å². The highest BCUT2D eigenvalue weighted by Gasteiger charge is 2.17. The van der Waals surface area contributed by atoms with Gasteiger partial charge < -0.3 is 19.5 Å². The third kappa shape index (κ3) is 4.26. The van der Waals surface area contributed by atoms with Gasteiger partial charge in [-0.25, -0.2) is 4.79 Å². The molecule has 3 rings (SSSR count). The quantitative estimate of drug-likeness (QED) is 0.835. The van der Waals surface area contributed by atoms with Crippen LogP contribution in [0.2, 0.25) is 0 Å². The van der Waals surface area contributed by atoms with Crippen molar-refractivity contribution in [2.24, 2.45) is 0 Å². The molecule has 2 aromatic rings. The minimum atomic E-state index is -0.588. The number of ether oxygens (including phenoxy) is 3. The van der Waals surface area contributed by atoms with E-state index in [0.717, 1.165) is 5.56 Å². The lowest BCUT2D eigenvalue weighted by Gasteiger charge is -2.21. The summed E-state index contributed by atoms with van der Waals surface area (Å²) < 4.78 is 16.0. The van der Waals surface area contributed by atoms with Crippen LogP contribution in [0.1, 0.15) is 28.9 Å². The molecule has 7 nitrogen and oxygen atoms in total. The largest absolute Gasteiger partial charge is 0.486 e. The van der Waals surface area contributed by atoms with Crippen molar-refractivity contribution in [3.05, 3.63) is 53.9 Å². The van der Waals surface area contributed by atoms with E-state index in [1.807, 2.05) is 25.1 Å². The molecule has 130 valence electrons. The van der Waals surface area contributed by atoms with E-state index in [2.05, 4.69) is 10.3 Å². The summed E-state index contributed by atoms with van der Waals surface area (Å²) in [4.78, 5) is 27.6. The number of fused-ring (bicyclic) bond motifs is 1. The van der Waals surface area contributed by atoms with Crippen molar-refractivity contribution in [2.45, 2.75) is 13.0 Å². The first-order valence-corrected chi connectivity index (χ1v) is 7.89. The summed E-state index contributed by atoms with van der Waals surface area (Å²) in [5.41, 5.74) is 1.17. The van der Waals surface area contributed by atoms with Gasteiger partial charge in [0.2, 0.25) is 0 Å². The lowest BCUT2D eigenvalue weighted by atomic mass is 10.1. The molecule has 0 spiro atoms. The van der Waals surface area contributed by atoms with Gasteiger partial charge in [0.15, 0.2) is 18.1 Å². The number of hydrogen-bond acceptors (Lipinski definition) is 6. The second-order valence-electron chi connectivity index (χ2n) is 5.51. The maximum atomic E-state index is 12.0. The van der Waals surface area contributed by atoms with Gasteiger partial charge in [-0.15, -0.1) is 0 Å². The average Bonchev–Trinajstić information content (AvgIpc) is 2.66. The smallest absolute Gasteiger partial charge is 0.340 e. The van der Waals surface area contributed by atoms with Crippen LogP contribution in [0.4, 0.5) is 0 Å². The Morgan fingerprint density at radius 2 is 2.04 bits per heavy atom. The number of pyridine rings is 1. The number of amides is 1. The van der Waals surface area contributed by atoms with Crippen molar-refractivity contribution >= 4 is 11.9 Å². The fourth-order valence-electron chi connectivity index (χ4n) is 2.39. The van der Waals surface area contributed by atoms with Gasteiger partial charge in [0.25, 0.3) is 5.91 Å². The molecule has 1 aliphatic rings. The number of carbonyl (C=O) groups excluding carboxylic acids is 2. The van der Waals surface area contributed by atoms with E-state index in [4.69, 9.17) is 14.2 Å². The number of rotatable bonds is 5. The Labute approximate surface area is 144 Å². The second-order valence-corrected chi connectivity index (χ2v) is 5.51. The molecule has 1 aromatic heterocycles. The van der Waals surface area contributed by atoms with Gasteiger partial charge in [0.05, 0.1) is 11.6 Å². The molecule has 25 heavy (non-hydrogen) atoms. The molecule has 0 radical (unpaired) electrons. The Morgan fingerprint density at radius 1 is 1.24 bits per heavy atom. The Bertz CT molecular complexity index is 763. The van der Waals surface area contributed by atoms with E-state index in [9.17, 15) is 9.59 Å². The molecule has 1 N–H and O–H groups in total. The summed E-state index contributed by atoms with van der Waals surface area (Å²) in [6.07, 6.45) is 2.94. The van der Waals surface area contributed by atoms with Gasteiger partial charge in [0, 0.05) is 12.4 Å². The van der Waals surface area contributed by atoms with Crippen LogP contribution in [0.3, 0.4) is 0 Å². The molecule has 0 saturated heterocycles. The van der Waals surface area contributed by atoms with E-state index >= 15 is 0 Å². The van der Waals surface area contributed by atoms with E-state index in [1.165, 1.54) is 6.20 Å². The predicted molar refractivity (Wildman–Crippen MR) is 88.5 cm³/mol. The lowest BCUT2D eigenvalue weighted by Crippen LogP contribution is -2.31. The third-order valence-corrected chi connectivity index (χ3v) is 3.68. The average molecular weight is 342 g/mol. The number of benzene rings is 1. The van der Waals surface area contributed by atoms with Crippen LogP contribution >= 0.6 is 0 Å². The number of hydrogen-bond donors (Lipinski definition) is 1. The van der Waals surface area contributed by atoms with Crippen LogP contribution in [0.5, 0.6) is 11.5 Å². The van der Waals surface area contributed by atoms with Crippen LogP contribution in [0.15, 0.2) is 42.7 Å². The van der Waals surface area contributed by atoms with Gasteiger partial charge in [-0.05, 0) is 36.8 Å². The highest BCUT2D eigenvalue weighted by molar-refractivity contribution is 5.90. The van der Waals surface area contributed by atoms with E-state index < -0.39 is 5.97 Å². The number of carbonyl (C=O) groups is 2. The molecular weight excluding hydrogens is 324 g/mol. The molecule has 0 aliphatic carbocycles. The first-order chi connectivity index (χ1) is 12.1. The maximum Gasteiger partial charge on any atom is 0.340 e. The van der Waals surface area contributed by atoms with Crippen LogP contribution in [-0.2, 0) is 9.53 Å². The van der Waals surface area contributed by atoms with E-state index in [-0.39, 0.29) is 18.6 Å². The summed E-state index contributed by atoms with van der Waals surface area (Å²) in [6, 6.07) is 8.45. The highest BCUT2D eigenvalue weighted by atomic mass is 16.6. The first kappa shape index (κ1) is 16.8. The van der Waals surface area contributed by atoms with Crippen molar-refractivity contribution in [3.8, 4) is 11.5 Å². The fourth-order valence-corrected chi connectivity index (χ4v) is 2.39. The molecule has 0 bridgehead atoms. The Kier molecular flexibility index (Phi) is 5.13. The summed E-state index contributed by atoms with van der Waals surface area (Å²) in [7, 11) is 0. The maximum absolute atomic E-state index is 12.0. The van der Waals surface area contributed by atoms with Gasteiger partial charge in [0.1, 0.15) is 13.2 Å². The molecular formula is C18H18N2O5. The zero-order chi connectivity index (χ0) is 17.6. The lowest BCUT2D eigenvalue weighted by molar-refractivity contribution is -0.124. The Balaban J connectivity index is 1.53. The molecule has 1 aromatic carbocycles. The van der Waals surface area contributed by atoms with Crippen molar-refractivity contribution < 1.29 is 23.8 Å². The Hall–Kier alpha value is -3.09. The normalized spacial score (nSPS) is 13.6. The number of nitrogens with zero attached hydrogens (tertiary/aromatic N) is 1. The molecule has 0 unspecified atom stereocenters. The first-order valence-electron chi connectivity index (χ1n) is 7.89. The van der Waals surface area contributed by atoms with Gasteiger partial charge >= 0.3 is 5.97 Å². The van der Waals surface area contributed by atoms with E-state index in [1.54, 1.807) is 18.3 Å². The standard InChI is InChI=1S/C18H18N2O5/c1-12(13-4-5-15-16(9-13)24-8-7-23-15)20-17(21)11-25-18(22)14-3-2-6-19-10-14/h2-6,9-10,12H,7-8,11H2,1H3,(H,20,21)/t12-/m0/s1. The summed E-state index contributed by atoms with van der Waals surface area (Å²) in [5, 5.41) is 2.78. The van der Waals surface area contributed by atoms with Crippen molar-refractivity contribution in [1.82, 2.24) is 10.3 Å². The molecule has 1 aliphatic heterocycles.